The van der Waals surface area contributed by atoms with Crippen LogP contribution in [0, 0.1) is 22.7 Å². The first-order valence-electron chi connectivity index (χ1n) is 9.65. The molecule has 0 bridgehead atoms. The molecule has 0 spiro atoms. The molecule has 0 radical (unpaired) electrons. The van der Waals surface area contributed by atoms with Gasteiger partial charge in [0.2, 0.25) is 5.91 Å². The summed E-state index contributed by atoms with van der Waals surface area (Å²) < 4.78 is 34.2. The van der Waals surface area contributed by atoms with Gasteiger partial charge in [-0.15, -0.1) is 0 Å². The molecule has 0 aromatic heterocycles. The lowest BCUT2D eigenvalue weighted by atomic mass is 9.60. The zero-order valence-corrected chi connectivity index (χ0v) is 20.8. The van der Waals surface area contributed by atoms with Crippen LogP contribution in [0.1, 0.15) is 53.4 Å². The minimum Gasteiger partial charge on any atom is -0.400 e. The van der Waals surface area contributed by atoms with Crippen molar-refractivity contribution in [2.24, 2.45) is 28.4 Å². The molecule has 0 aliphatic heterocycles. The van der Waals surface area contributed by atoms with Gasteiger partial charge in [0, 0.05) is 5.41 Å². The molecule has 1 amide bonds. The first kappa shape index (κ1) is 24.0. The largest absolute Gasteiger partial charge is 0.400 e. The Bertz CT molecular complexity index is 500. The molecule has 6 nitrogen and oxygen atoms in total. The molecule has 0 saturated heterocycles. The molecule has 1 aliphatic rings. The van der Waals surface area contributed by atoms with Gasteiger partial charge in [-0.25, -0.2) is 4.21 Å². The predicted molar refractivity (Wildman–Crippen MR) is 112 cm³/mol. The Kier molecular flexibility index (Phi) is 9.15. The number of carbonyl (C=O) groups is 1. The maximum Gasteiger partial charge on any atom is 0.224 e. The van der Waals surface area contributed by atoms with E-state index >= 15 is 0 Å². The monoisotopic (exact) mass is 423 g/mol. The van der Waals surface area contributed by atoms with Crippen LogP contribution in [0.15, 0.2) is 0 Å². The summed E-state index contributed by atoms with van der Waals surface area (Å²) in [5.41, 5.74) is 4.59. The van der Waals surface area contributed by atoms with Crippen molar-refractivity contribution in [3.8, 4) is 0 Å². The quantitative estimate of drug-likeness (QED) is 0.315. The molecule has 3 N–H and O–H groups in total. The zero-order chi connectivity index (χ0) is 20.1. The fourth-order valence-electron chi connectivity index (χ4n) is 4.46. The standard InChI is InChI=1S/C17H37NO5SSi2/c1-11(2)10-17(14(18)19)8-7-12(9-13(17)24(20)21)16(3,4)15(22-25-5)23-26-6/h11-13,15H,7-10,25-26H2,1-6H3,(H2,18,19)(H,20,21). The van der Waals surface area contributed by atoms with Crippen LogP contribution in [0.4, 0.5) is 0 Å². The molecule has 0 aromatic carbocycles. The van der Waals surface area contributed by atoms with E-state index in [1.165, 1.54) is 0 Å². The van der Waals surface area contributed by atoms with Gasteiger partial charge in [-0.2, -0.15) is 0 Å². The summed E-state index contributed by atoms with van der Waals surface area (Å²) in [6.45, 7) is 12.4. The molecule has 1 aliphatic carbocycles. The summed E-state index contributed by atoms with van der Waals surface area (Å²) in [4.78, 5) is 12.4. The van der Waals surface area contributed by atoms with Crippen molar-refractivity contribution in [3.05, 3.63) is 0 Å². The van der Waals surface area contributed by atoms with E-state index in [2.05, 4.69) is 26.9 Å². The molecule has 1 saturated carbocycles. The third-order valence-corrected chi connectivity index (χ3v) is 8.26. The molecule has 4 atom stereocenters. The second-order valence-corrected chi connectivity index (χ2v) is 11.4. The number of amides is 1. The van der Waals surface area contributed by atoms with E-state index in [0.717, 1.165) is 6.42 Å². The van der Waals surface area contributed by atoms with E-state index in [1.807, 2.05) is 13.8 Å². The predicted octanol–water partition coefficient (Wildman–Crippen LogP) is 1.54. The maximum atomic E-state index is 12.4. The normalized spacial score (nSPS) is 30.5. The van der Waals surface area contributed by atoms with Crippen LogP contribution in [0.2, 0.25) is 13.1 Å². The molecule has 4 unspecified atom stereocenters. The van der Waals surface area contributed by atoms with Crippen LogP contribution >= 0.6 is 0 Å². The molecule has 154 valence electrons. The van der Waals surface area contributed by atoms with Crippen molar-refractivity contribution in [3.63, 3.8) is 0 Å². The SMILES string of the molecule is C[SiH2]OC(O[SiH2]C)C(C)(C)C1CCC(CC(C)C)(C(N)=O)C(S(=O)O)C1. The number of rotatable bonds is 10. The highest BCUT2D eigenvalue weighted by atomic mass is 32.2. The molecule has 0 aromatic rings. The topological polar surface area (TPSA) is 98.9 Å². The summed E-state index contributed by atoms with van der Waals surface area (Å²) in [7, 11) is -1.27. The van der Waals surface area contributed by atoms with Crippen molar-refractivity contribution in [1.29, 1.82) is 0 Å². The molecular formula is C17H37NO5SSi2. The lowest BCUT2D eigenvalue weighted by molar-refractivity contribution is -0.137. The molecule has 9 heteroatoms. The van der Waals surface area contributed by atoms with E-state index in [1.54, 1.807) is 0 Å². The van der Waals surface area contributed by atoms with Crippen molar-refractivity contribution in [2.45, 2.75) is 78.0 Å². The highest BCUT2D eigenvalue weighted by Gasteiger charge is 2.54. The third kappa shape index (κ3) is 5.26. The number of primary amides is 1. The van der Waals surface area contributed by atoms with Gasteiger partial charge in [-0.1, -0.05) is 40.8 Å². The number of hydrogen-bond acceptors (Lipinski definition) is 4. The molecule has 1 fully saturated rings. The Hall–Kier alpha value is -0.0662. The smallest absolute Gasteiger partial charge is 0.224 e. The van der Waals surface area contributed by atoms with E-state index in [0.29, 0.717) is 19.3 Å². The van der Waals surface area contributed by atoms with E-state index < -0.39 is 47.2 Å². The van der Waals surface area contributed by atoms with Crippen LogP contribution in [0.3, 0.4) is 0 Å². The number of carbonyl (C=O) groups excluding carboxylic acids is 1. The molecule has 0 heterocycles. The molecular weight excluding hydrogens is 386 g/mol. The van der Waals surface area contributed by atoms with Crippen molar-refractivity contribution >= 4 is 36.5 Å². The van der Waals surface area contributed by atoms with Crippen LogP contribution in [-0.2, 0) is 24.7 Å². The van der Waals surface area contributed by atoms with Gasteiger partial charge in [0.25, 0.3) is 0 Å². The van der Waals surface area contributed by atoms with Crippen LogP contribution in [0.25, 0.3) is 0 Å². The minimum atomic E-state index is -2.10. The summed E-state index contributed by atoms with van der Waals surface area (Å²) in [5.74, 6) is -0.0649. The van der Waals surface area contributed by atoms with Gasteiger partial charge in [0.1, 0.15) is 6.29 Å². The van der Waals surface area contributed by atoms with E-state index in [9.17, 15) is 13.6 Å². The highest BCUT2D eigenvalue weighted by Crippen LogP contribution is 2.51. The van der Waals surface area contributed by atoms with Gasteiger partial charge in [-0.3, -0.25) is 4.79 Å². The maximum absolute atomic E-state index is 12.4. The fraction of sp³-hybridized carbons (Fsp3) is 0.941. The van der Waals surface area contributed by atoms with Gasteiger partial charge in [0.15, 0.2) is 30.6 Å². The molecule has 1 rings (SSSR count). The third-order valence-electron chi connectivity index (χ3n) is 5.86. The average Bonchev–Trinajstić information content (AvgIpc) is 2.53. The summed E-state index contributed by atoms with van der Waals surface area (Å²) in [5, 5.41) is -0.640. The Morgan fingerprint density at radius 1 is 1.35 bits per heavy atom. The van der Waals surface area contributed by atoms with Crippen LogP contribution < -0.4 is 5.73 Å². The Morgan fingerprint density at radius 2 is 1.88 bits per heavy atom. The van der Waals surface area contributed by atoms with E-state index in [4.69, 9.17) is 14.6 Å². The van der Waals surface area contributed by atoms with Crippen molar-refractivity contribution in [2.75, 3.05) is 0 Å². The second kappa shape index (κ2) is 9.93. The summed E-state index contributed by atoms with van der Waals surface area (Å²) in [6, 6.07) is 0. The highest BCUT2D eigenvalue weighted by molar-refractivity contribution is 7.80. The first-order chi connectivity index (χ1) is 12.0. The Morgan fingerprint density at radius 3 is 2.27 bits per heavy atom. The second-order valence-electron chi connectivity index (χ2n) is 8.42. The van der Waals surface area contributed by atoms with Crippen molar-refractivity contribution in [1.82, 2.24) is 0 Å². The number of hydrogen-bond donors (Lipinski definition) is 2. The van der Waals surface area contributed by atoms with Crippen LogP contribution in [-0.4, -0.2) is 45.7 Å². The van der Waals surface area contributed by atoms with Crippen molar-refractivity contribution < 1.29 is 22.4 Å². The Balaban J connectivity index is 3.15. The van der Waals surface area contributed by atoms with Gasteiger partial charge in [-0.05, 0) is 37.5 Å². The fourth-order valence-corrected chi connectivity index (χ4v) is 7.43. The minimum absolute atomic E-state index is 0.148. The average molecular weight is 424 g/mol. The number of nitrogens with two attached hydrogens (primary N) is 1. The Labute approximate surface area is 165 Å². The first-order valence-corrected chi connectivity index (χ1v) is 14.8. The van der Waals surface area contributed by atoms with E-state index in [-0.39, 0.29) is 23.5 Å². The summed E-state index contributed by atoms with van der Waals surface area (Å²) in [6.07, 6.45) is 2.11. The molecule has 26 heavy (non-hydrogen) atoms. The summed E-state index contributed by atoms with van der Waals surface area (Å²) >= 11 is -2.10. The van der Waals surface area contributed by atoms with Gasteiger partial charge >= 0.3 is 0 Å². The van der Waals surface area contributed by atoms with Gasteiger partial charge in [0.05, 0.1) is 10.7 Å². The van der Waals surface area contributed by atoms with Crippen LogP contribution in [0.5, 0.6) is 0 Å². The van der Waals surface area contributed by atoms with Gasteiger partial charge < -0.3 is 19.1 Å². The lowest BCUT2D eigenvalue weighted by Gasteiger charge is -2.49. The zero-order valence-electron chi connectivity index (χ0n) is 17.1. The lowest BCUT2D eigenvalue weighted by Crippen LogP contribution is -2.55.